The summed E-state index contributed by atoms with van der Waals surface area (Å²) < 4.78 is 5.61. The van der Waals surface area contributed by atoms with Gasteiger partial charge in [-0.05, 0) is 49.3 Å². The van der Waals surface area contributed by atoms with Crippen LogP contribution in [-0.4, -0.2) is 23.6 Å². The largest absolute Gasteiger partial charge is 0.480 e. The average molecular weight is 289 g/mol. The van der Waals surface area contributed by atoms with E-state index in [0.717, 1.165) is 18.1 Å². The van der Waals surface area contributed by atoms with Crippen LogP contribution in [0.2, 0.25) is 0 Å². The molecule has 0 aromatic heterocycles. The van der Waals surface area contributed by atoms with E-state index in [2.05, 4.69) is 5.32 Å². The molecule has 2 saturated carbocycles. The third kappa shape index (κ3) is 3.24. The van der Waals surface area contributed by atoms with Crippen LogP contribution in [0.25, 0.3) is 0 Å². The van der Waals surface area contributed by atoms with Gasteiger partial charge in [-0.25, -0.2) is 0 Å². The maximum atomic E-state index is 12.0. The van der Waals surface area contributed by atoms with Crippen molar-refractivity contribution >= 4 is 17.6 Å². The highest BCUT2D eigenvalue weighted by Crippen LogP contribution is 2.46. The molecule has 0 saturated heterocycles. The van der Waals surface area contributed by atoms with Gasteiger partial charge in [0.2, 0.25) is 5.91 Å². The lowest BCUT2D eigenvalue weighted by molar-refractivity contribution is -0.147. The molecule has 2 fully saturated rings. The molecule has 1 aromatic rings. The molecule has 2 N–H and O–H groups in total. The summed E-state index contributed by atoms with van der Waals surface area (Å²) in [5.41, 5.74) is 0.395. The fourth-order valence-electron chi connectivity index (χ4n) is 2.28. The van der Waals surface area contributed by atoms with Gasteiger partial charge >= 0.3 is 5.97 Å². The normalized spacial score (nSPS) is 19.0. The SMILES string of the molecule is O=C(O)C1(C(=O)Nc2cccc(COCC3CC3)c2)CC1. The molecule has 2 aliphatic rings. The van der Waals surface area contributed by atoms with Gasteiger partial charge in [-0.15, -0.1) is 0 Å². The summed E-state index contributed by atoms with van der Waals surface area (Å²) >= 11 is 0. The minimum atomic E-state index is -1.21. The highest BCUT2D eigenvalue weighted by molar-refractivity contribution is 6.10. The van der Waals surface area contributed by atoms with E-state index >= 15 is 0 Å². The van der Waals surface area contributed by atoms with Gasteiger partial charge in [-0.1, -0.05) is 12.1 Å². The van der Waals surface area contributed by atoms with Crippen molar-refractivity contribution < 1.29 is 19.4 Å². The third-order valence-electron chi connectivity index (χ3n) is 4.10. The second-order valence-electron chi connectivity index (χ2n) is 6.00. The third-order valence-corrected chi connectivity index (χ3v) is 4.10. The quantitative estimate of drug-likeness (QED) is 0.756. The smallest absolute Gasteiger partial charge is 0.319 e. The average Bonchev–Trinajstić information content (AvgIpc) is 3.33. The molecule has 0 aliphatic heterocycles. The van der Waals surface area contributed by atoms with E-state index in [1.165, 1.54) is 12.8 Å². The van der Waals surface area contributed by atoms with Crippen molar-refractivity contribution in [1.82, 2.24) is 0 Å². The van der Waals surface area contributed by atoms with Gasteiger partial charge in [-0.3, -0.25) is 9.59 Å². The van der Waals surface area contributed by atoms with E-state index in [1.54, 1.807) is 6.07 Å². The van der Waals surface area contributed by atoms with Gasteiger partial charge in [0.1, 0.15) is 5.41 Å². The first kappa shape index (κ1) is 14.1. The first-order chi connectivity index (χ1) is 10.1. The molecule has 0 heterocycles. The van der Waals surface area contributed by atoms with Crippen LogP contribution in [0.3, 0.4) is 0 Å². The number of ether oxygens (including phenoxy) is 1. The Balaban J connectivity index is 1.57. The van der Waals surface area contributed by atoms with E-state index in [-0.39, 0.29) is 0 Å². The first-order valence-electron chi connectivity index (χ1n) is 7.32. The van der Waals surface area contributed by atoms with Gasteiger partial charge in [0.15, 0.2) is 0 Å². The van der Waals surface area contributed by atoms with E-state index in [4.69, 9.17) is 9.84 Å². The molecule has 0 radical (unpaired) electrons. The number of anilines is 1. The molecule has 5 heteroatoms. The molecule has 0 bridgehead atoms. The number of nitrogens with one attached hydrogen (secondary N) is 1. The van der Waals surface area contributed by atoms with Gasteiger partial charge in [-0.2, -0.15) is 0 Å². The number of carboxylic acids is 1. The number of carbonyl (C=O) groups excluding carboxylic acids is 1. The van der Waals surface area contributed by atoms with Crippen molar-refractivity contribution in [3.63, 3.8) is 0 Å². The summed E-state index contributed by atoms with van der Waals surface area (Å²) in [7, 11) is 0. The lowest BCUT2D eigenvalue weighted by atomic mass is 10.1. The molecular formula is C16H19NO4. The second-order valence-corrected chi connectivity index (χ2v) is 6.00. The monoisotopic (exact) mass is 289 g/mol. The molecule has 21 heavy (non-hydrogen) atoms. The van der Waals surface area contributed by atoms with Gasteiger partial charge in [0.25, 0.3) is 0 Å². The van der Waals surface area contributed by atoms with Crippen molar-refractivity contribution in [3.8, 4) is 0 Å². The minimum absolute atomic E-state index is 0.415. The number of benzene rings is 1. The van der Waals surface area contributed by atoms with Crippen LogP contribution in [0, 0.1) is 11.3 Å². The highest BCUT2D eigenvalue weighted by atomic mass is 16.5. The second kappa shape index (κ2) is 5.48. The molecule has 5 nitrogen and oxygen atoms in total. The molecule has 3 rings (SSSR count). The number of hydrogen-bond donors (Lipinski definition) is 2. The number of aliphatic carboxylic acids is 1. The predicted molar refractivity (Wildman–Crippen MR) is 76.8 cm³/mol. The van der Waals surface area contributed by atoms with Crippen molar-refractivity contribution in [2.75, 3.05) is 11.9 Å². The van der Waals surface area contributed by atoms with Crippen LogP contribution >= 0.6 is 0 Å². The molecule has 0 unspecified atom stereocenters. The van der Waals surface area contributed by atoms with Gasteiger partial charge in [0.05, 0.1) is 6.61 Å². The Labute approximate surface area is 123 Å². The molecule has 1 amide bonds. The number of rotatable bonds is 7. The molecule has 112 valence electrons. The fraction of sp³-hybridized carbons (Fsp3) is 0.500. The first-order valence-corrected chi connectivity index (χ1v) is 7.32. The van der Waals surface area contributed by atoms with Crippen LogP contribution in [-0.2, 0) is 20.9 Å². The maximum absolute atomic E-state index is 12.0. The van der Waals surface area contributed by atoms with Crippen LogP contribution in [0.1, 0.15) is 31.2 Å². The summed E-state index contributed by atoms with van der Waals surface area (Å²) in [4.78, 5) is 23.2. The summed E-state index contributed by atoms with van der Waals surface area (Å²) in [5, 5.41) is 11.8. The number of amides is 1. The zero-order chi connectivity index (χ0) is 14.9. The van der Waals surface area contributed by atoms with Crippen LogP contribution in [0.15, 0.2) is 24.3 Å². The maximum Gasteiger partial charge on any atom is 0.319 e. The Bertz CT molecular complexity index is 561. The molecular weight excluding hydrogens is 270 g/mol. The van der Waals surface area contributed by atoms with Crippen molar-refractivity contribution in [2.24, 2.45) is 11.3 Å². The standard InChI is InChI=1S/C16H19NO4/c18-14(16(6-7-16)15(19)20)17-13-3-1-2-12(8-13)10-21-9-11-4-5-11/h1-3,8,11H,4-7,9-10H2,(H,17,18)(H,19,20). The van der Waals surface area contributed by atoms with Gasteiger partial charge in [0, 0.05) is 12.3 Å². The van der Waals surface area contributed by atoms with Gasteiger partial charge < -0.3 is 15.2 Å². The Morgan fingerprint density at radius 3 is 2.71 bits per heavy atom. The molecule has 0 atom stereocenters. The van der Waals surface area contributed by atoms with Crippen molar-refractivity contribution in [2.45, 2.75) is 32.3 Å². The Morgan fingerprint density at radius 2 is 2.10 bits per heavy atom. The number of carbonyl (C=O) groups is 2. The topological polar surface area (TPSA) is 75.6 Å². The number of carboxylic acid groups (broad SMARTS) is 1. The highest BCUT2D eigenvalue weighted by Gasteiger charge is 2.57. The predicted octanol–water partition coefficient (Wildman–Crippen LogP) is 2.42. The zero-order valence-corrected chi connectivity index (χ0v) is 11.8. The van der Waals surface area contributed by atoms with E-state index < -0.39 is 17.3 Å². The van der Waals surface area contributed by atoms with E-state index in [1.807, 2.05) is 18.2 Å². The molecule has 0 spiro atoms. The Kier molecular flexibility index (Phi) is 3.68. The Morgan fingerprint density at radius 1 is 1.33 bits per heavy atom. The van der Waals surface area contributed by atoms with E-state index in [9.17, 15) is 9.59 Å². The fourth-order valence-corrected chi connectivity index (χ4v) is 2.28. The summed E-state index contributed by atoms with van der Waals surface area (Å²) in [6, 6.07) is 7.38. The van der Waals surface area contributed by atoms with Crippen molar-refractivity contribution in [3.05, 3.63) is 29.8 Å². The molecule has 2 aliphatic carbocycles. The van der Waals surface area contributed by atoms with Crippen molar-refractivity contribution in [1.29, 1.82) is 0 Å². The summed E-state index contributed by atoms with van der Waals surface area (Å²) in [6.45, 7) is 1.31. The minimum Gasteiger partial charge on any atom is -0.480 e. The number of hydrogen-bond acceptors (Lipinski definition) is 3. The van der Waals surface area contributed by atoms with E-state index in [0.29, 0.717) is 25.1 Å². The summed E-state index contributed by atoms with van der Waals surface area (Å²) in [5.74, 6) is -0.742. The lowest BCUT2D eigenvalue weighted by Crippen LogP contribution is -2.31. The summed E-state index contributed by atoms with van der Waals surface area (Å²) in [6.07, 6.45) is 3.34. The molecule has 1 aromatic carbocycles. The lowest BCUT2D eigenvalue weighted by Gasteiger charge is -2.12. The van der Waals surface area contributed by atoms with Crippen LogP contribution in [0.5, 0.6) is 0 Å². The zero-order valence-electron chi connectivity index (χ0n) is 11.8. The Hall–Kier alpha value is -1.88. The van der Waals surface area contributed by atoms with Crippen LogP contribution in [0.4, 0.5) is 5.69 Å². The van der Waals surface area contributed by atoms with Crippen LogP contribution < -0.4 is 5.32 Å².